The topological polar surface area (TPSA) is 129 Å². The van der Waals surface area contributed by atoms with Crippen LogP contribution in [0.4, 0.5) is 35.0 Å². The number of hydrogen-bond donors (Lipinski definition) is 0. The van der Waals surface area contributed by atoms with Gasteiger partial charge in [0.2, 0.25) is 0 Å². The molecule has 0 bridgehead atoms. The van der Waals surface area contributed by atoms with Crippen LogP contribution < -0.4 is 43.1 Å². The molecule has 83 heavy (non-hydrogen) atoms. The molecule has 0 N–H and O–H groups in total. The van der Waals surface area contributed by atoms with Crippen molar-refractivity contribution in [3.63, 3.8) is 0 Å². The molecule has 5 aromatic carbocycles. The normalized spacial score (nSPS) is 14.3. The lowest BCUT2D eigenvalue weighted by atomic mass is 9.98. The summed E-state index contributed by atoms with van der Waals surface area (Å²) in [7, 11) is 6.37. The number of pyridine rings is 2. The van der Waals surface area contributed by atoms with Crippen molar-refractivity contribution in [3.8, 4) is 46.0 Å². The van der Waals surface area contributed by atoms with Gasteiger partial charge in [0.25, 0.3) is 0 Å². The number of aromatic nitrogens is 4. The average Bonchev–Trinajstić information content (AvgIpc) is 3.99. The Labute approximate surface area is 485 Å². The fourth-order valence-electron chi connectivity index (χ4n) is 10.7. The molecule has 15 nitrogen and oxygen atoms in total. The second-order valence-corrected chi connectivity index (χ2v) is 20.8. The van der Waals surface area contributed by atoms with Gasteiger partial charge in [-0.3, -0.25) is 4.90 Å². The predicted octanol–water partition coefficient (Wildman–Crippen LogP) is 12.7. The Morgan fingerprint density at radius 2 is 1.19 bits per heavy atom. The summed E-state index contributed by atoms with van der Waals surface area (Å²) in [6.45, 7) is 9.28. The van der Waals surface area contributed by atoms with Crippen molar-refractivity contribution in [2.45, 2.75) is 65.2 Å². The molecule has 0 saturated carbocycles. The minimum atomic E-state index is -5.02. The summed E-state index contributed by atoms with van der Waals surface area (Å²) in [5.74, 6) is 2.42. The zero-order valence-electron chi connectivity index (χ0n) is 47.3. The minimum Gasteiger partial charge on any atom is -0.497 e. The molecule has 2 atom stereocenters. The van der Waals surface area contributed by atoms with Crippen LogP contribution in [0.25, 0.3) is 22.2 Å². The maximum absolute atomic E-state index is 18.5. The van der Waals surface area contributed by atoms with E-state index in [2.05, 4.69) is 9.80 Å². The third-order valence-corrected chi connectivity index (χ3v) is 15.5. The van der Waals surface area contributed by atoms with Crippen molar-refractivity contribution in [2.75, 3.05) is 89.2 Å². The molecule has 2 aliphatic heterocycles. The molecule has 1 saturated heterocycles. The molecule has 0 amide bonds. The average molecular weight is 1160 g/mol. The van der Waals surface area contributed by atoms with E-state index in [0.29, 0.717) is 56.7 Å². The van der Waals surface area contributed by atoms with Crippen LogP contribution in [0, 0.1) is 12.7 Å². The molecule has 3 aromatic heterocycles. The van der Waals surface area contributed by atoms with Gasteiger partial charge in [-0.1, -0.05) is 66.2 Å². The lowest BCUT2D eigenvalue weighted by molar-refractivity contribution is -0.137. The van der Waals surface area contributed by atoms with Gasteiger partial charge in [0.05, 0.1) is 81.5 Å². The van der Waals surface area contributed by atoms with Gasteiger partial charge in [0, 0.05) is 57.1 Å². The summed E-state index contributed by atoms with van der Waals surface area (Å²) in [4.78, 5) is 27.7. The summed E-state index contributed by atoms with van der Waals surface area (Å²) < 4.78 is 106. The Kier molecular flexibility index (Phi) is 17.9. The van der Waals surface area contributed by atoms with E-state index in [0.717, 1.165) is 39.3 Å². The van der Waals surface area contributed by atoms with Gasteiger partial charge in [-0.25, -0.2) is 14.4 Å². The van der Waals surface area contributed by atoms with E-state index in [4.69, 9.17) is 64.7 Å². The Bertz CT molecular complexity index is 3420. The molecule has 10 rings (SSSR count). The van der Waals surface area contributed by atoms with Crippen molar-refractivity contribution < 1.29 is 50.7 Å². The third-order valence-electron chi connectivity index (χ3n) is 15.1. The van der Waals surface area contributed by atoms with E-state index in [1.165, 1.54) is 13.0 Å². The van der Waals surface area contributed by atoms with Crippen LogP contribution in [0.1, 0.15) is 58.8 Å². The van der Waals surface area contributed by atoms with Crippen molar-refractivity contribution >= 4 is 40.0 Å². The van der Waals surface area contributed by atoms with Gasteiger partial charge in [0.15, 0.2) is 11.6 Å². The second kappa shape index (κ2) is 25.6. The van der Waals surface area contributed by atoms with Crippen LogP contribution in [0.5, 0.6) is 34.8 Å². The number of morpholine rings is 1. The SMILES string of the molecule is COc1ccc(CN(Cc2ccc(OC)cc2)c2cc(C)c(C(F)(F)F)c(-c3c(Cl)c4c5c(nc(OCC(C)N6CCOCC6)nc5c3F)N([C@H](C)c3cccnc3N(Cc3ccc(OC)cc3)Cc3ccc(OC)cc3)CCO4)n2)cc1. The van der Waals surface area contributed by atoms with Crippen molar-refractivity contribution in [1.82, 2.24) is 24.8 Å². The van der Waals surface area contributed by atoms with Gasteiger partial charge in [-0.05, 0) is 109 Å². The number of methoxy groups -OCH3 is 4. The quantitative estimate of drug-likeness (QED) is 0.0632. The number of alkyl halides is 3. The number of hydrogen-bond acceptors (Lipinski definition) is 15. The molecule has 0 spiro atoms. The summed E-state index contributed by atoms with van der Waals surface area (Å²) in [6.07, 6.45) is -3.29. The predicted molar refractivity (Wildman–Crippen MR) is 312 cm³/mol. The second-order valence-electron chi connectivity index (χ2n) is 20.5. The lowest BCUT2D eigenvalue weighted by Crippen LogP contribution is -2.44. The van der Waals surface area contributed by atoms with E-state index >= 15 is 17.6 Å². The largest absolute Gasteiger partial charge is 0.497 e. The smallest absolute Gasteiger partial charge is 0.418 e. The molecule has 2 aliphatic rings. The van der Waals surface area contributed by atoms with Gasteiger partial charge in [0.1, 0.15) is 59.2 Å². The molecule has 8 aromatic rings. The van der Waals surface area contributed by atoms with Gasteiger partial charge >= 0.3 is 12.2 Å². The highest BCUT2D eigenvalue weighted by atomic mass is 35.5. The molecule has 1 unspecified atom stereocenters. The van der Waals surface area contributed by atoms with Crippen LogP contribution in [-0.4, -0.2) is 105 Å². The molecular formula is C63H65ClF4N8O7. The van der Waals surface area contributed by atoms with Gasteiger partial charge in [-0.2, -0.15) is 23.1 Å². The van der Waals surface area contributed by atoms with Crippen molar-refractivity contribution in [1.29, 1.82) is 0 Å². The van der Waals surface area contributed by atoms with Crippen molar-refractivity contribution in [3.05, 3.63) is 171 Å². The van der Waals surface area contributed by atoms with E-state index in [1.54, 1.807) is 58.9 Å². The standard InChI is InChI=1S/C63H65ClF4N8O7/c1-39-33-51(74(34-42-10-18-46(77-4)19-11-42)35-43-12-20-47(78-5)21-13-43)70-57(54(39)63(66,67)68)52-55(64)59-53-58(56(52)65)71-62(83-38-40(2)73-27-30-81-31-28-73)72-61(53)76(29-32-82-59)41(3)50-9-8-26-69-60(50)75(36-44-14-22-48(79-6)23-15-44)37-45-16-24-49(80-7)25-17-45/h8-26,33,40-41H,27-32,34-38H2,1-7H3/t40?,41-/m1/s1. The molecular weight excluding hydrogens is 1090 g/mol. The van der Waals surface area contributed by atoms with E-state index in [-0.39, 0.29) is 78.8 Å². The maximum atomic E-state index is 18.5. The fraction of sp³-hybridized carbons (Fsp3) is 0.333. The molecule has 0 aliphatic carbocycles. The first kappa shape index (κ1) is 58.1. The molecule has 20 heteroatoms. The Morgan fingerprint density at radius 1 is 0.675 bits per heavy atom. The number of halogens is 5. The first-order valence-electron chi connectivity index (χ1n) is 27.3. The highest BCUT2D eigenvalue weighted by Crippen LogP contribution is 2.51. The summed E-state index contributed by atoms with van der Waals surface area (Å²) in [5, 5.41) is -0.377. The van der Waals surface area contributed by atoms with Crippen LogP contribution in [0.2, 0.25) is 5.02 Å². The summed E-state index contributed by atoms with van der Waals surface area (Å²) in [6, 6.07) is 34.6. The van der Waals surface area contributed by atoms with E-state index < -0.39 is 39.9 Å². The number of aryl methyl sites for hydroxylation is 1. The maximum Gasteiger partial charge on any atom is 0.418 e. The highest BCUT2D eigenvalue weighted by molar-refractivity contribution is 6.36. The number of benzene rings is 5. The van der Waals surface area contributed by atoms with Crippen LogP contribution in [0.15, 0.2) is 121 Å². The number of nitrogens with zero attached hydrogens (tertiary/aromatic N) is 8. The molecule has 1 fully saturated rings. The van der Waals surface area contributed by atoms with Gasteiger partial charge in [-0.15, -0.1) is 0 Å². The van der Waals surface area contributed by atoms with Crippen LogP contribution in [-0.2, 0) is 37.1 Å². The number of anilines is 3. The monoisotopic (exact) mass is 1160 g/mol. The molecule has 5 heterocycles. The summed E-state index contributed by atoms with van der Waals surface area (Å²) in [5.41, 5.74) is 1.28. The van der Waals surface area contributed by atoms with Crippen molar-refractivity contribution in [2.24, 2.45) is 0 Å². The third kappa shape index (κ3) is 12.9. The lowest BCUT2D eigenvalue weighted by Gasteiger charge is -2.34. The van der Waals surface area contributed by atoms with E-state index in [9.17, 15) is 0 Å². The fourth-order valence-corrected chi connectivity index (χ4v) is 11.0. The Hall–Kier alpha value is -8.13. The number of rotatable bonds is 21. The summed E-state index contributed by atoms with van der Waals surface area (Å²) >= 11 is 7.40. The Balaban J connectivity index is 1.13. The molecule has 434 valence electrons. The highest BCUT2D eigenvalue weighted by Gasteiger charge is 2.41. The zero-order chi connectivity index (χ0) is 58.4. The minimum absolute atomic E-state index is 0.0437. The van der Waals surface area contributed by atoms with Crippen LogP contribution >= 0.6 is 11.6 Å². The zero-order valence-corrected chi connectivity index (χ0v) is 48.1. The van der Waals surface area contributed by atoms with E-state index in [1.807, 2.05) is 109 Å². The first-order chi connectivity index (χ1) is 40.1. The Morgan fingerprint density at radius 3 is 1.70 bits per heavy atom. The number of ether oxygens (including phenoxy) is 7. The first-order valence-corrected chi connectivity index (χ1v) is 27.6. The van der Waals surface area contributed by atoms with Gasteiger partial charge < -0.3 is 47.9 Å². The van der Waals surface area contributed by atoms with Crippen LogP contribution in [0.3, 0.4) is 0 Å². The molecule has 0 radical (unpaired) electrons.